The summed E-state index contributed by atoms with van der Waals surface area (Å²) < 4.78 is 5.34. The summed E-state index contributed by atoms with van der Waals surface area (Å²) in [5, 5.41) is 20.9. The molecule has 0 saturated heterocycles. The van der Waals surface area contributed by atoms with Gasteiger partial charge in [-0.1, -0.05) is 12.1 Å². The summed E-state index contributed by atoms with van der Waals surface area (Å²) in [7, 11) is 0. The zero-order chi connectivity index (χ0) is 13.8. The van der Waals surface area contributed by atoms with Crippen LogP contribution in [0.5, 0.6) is 0 Å². The third kappa shape index (κ3) is 2.75. The van der Waals surface area contributed by atoms with Crippen LogP contribution >= 0.6 is 0 Å². The Balaban J connectivity index is 2.13. The summed E-state index contributed by atoms with van der Waals surface area (Å²) in [5.74, 6) is -0.120. The summed E-state index contributed by atoms with van der Waals surface area (Å²) >= 11 is 0. The van der Waals surface area contributed by atoms with Crippen LogP contribution in [0.25, 0.3) is 0 Å². The number of furan rings is 1. The number of rotatable bonds is 4. The first-order valence-corrected chi connectivity index (χ1v) is 5.67. The molecule has 96 valence electrons. The van der Waals surface area contributed by atoms with Crippen molar-refractivity contribution < 1.29 is 14.3 Å². The number of aromatic carboxylic acids is 1. The first-order valence-electron chi connectivity index (χ1n) is 5.67. The molecular weight excluding hydrogens is 244 g/mol. The second-order valence-corrected chi connectivity index (χ2v) is 4.00. The number of carboxylic acids is 1. The van der Waals surface area contributed by atoms with Crippen LogP contribution in [-0.4, -0.2) is 11.1 Å². The van der Waals surface area contributed by atoms with Gasteiger partial charge in [0.25, 0.3) is 0 Å². The van der Waals surface area contributed by atoms with Crippen LogP contribution < -0.4 is 5.32 Å². The molecule has 0 aliphatic heterocycles. The third-order valence-electron chi connectivity index (χ3n) is 2.70. The van der Waals surface area contributed by atoms with Crippen molar-refractivity contribution in [2.24, 2.45) is 0 Å². The number of aryl methyl sites for hydroxylation is 1. The van der Waals surface area contributed by atoms with Gasteiger partial charge in [0.1, 0.15) is 23.2 Å². The smallest absolute Gasteiger partial charge is 0.339 e. The first kappa shape index (κ1) is 12.7. The molecular formula is C14H12N2O3. The molecule has 5 heteroatoms. The fourth-order valence-corrected chi connectivity index (χ4v) is 1.76. The number of hydrogen-bond acceptors (Lipinski definition) is 4. The molecule has 0 unspecified atom stereocenters. The molecule has 0 saturated carbocycles. The molecule has 1 aromatic carbocycles. The Kier molecular flexibility index (Phi) is 3.53. The number of nitrogens with one attached hydrogen (secondary N) is 1. The molecule has 0 fully saturated rings. The van der Waals surface area contributed by atoms with Crippen LogP contribution in [0.4, 0.5) is 5.69 Å². The van der Waals surface area contributed by atoms with E-state index in [2.05, 4.69) is 11.4 Å². The normalized spacial score (nSPS) is 9.89. The fourth-order valence-electron chi connectivity index (χ4n) is 1.76. The Morgan fingerprint density at radius 1 is 1.47 bits per heavy atom. The number of carboxylic acid groups (broad SMARTS) is 1. The van der Waals surface area contributed by atoms with Crippen LogP contribution in [0.3, 0.4) is 0 Å². The predicted molar refractivity (Wildman–Crippen MR) is 68.9 cm³/mol. The van der Waals surface area contributed by atoms with E-state index in [9.17, 15) is 4.79 Å². The molecule has 1 aromatic heterocycles. The van der Waals surface area contributed by atoms with Crippen molar-refractivity contribution >= 4 is 11.7 Å². The molecule has 19 heavy (non-hydrogen) atoms. The monoisotopic (exact) mass is 256 g/mol. The highest BCUT2D eigenvalue weighted by atomic mass is 16.4. The average Bonchev–Trinajstić information content (AvgIpc) is 2.78. The van der Waals surface area contributed by atoms with E-state index in [1.54, 1.807) is 25.1 Å². The lowest BCUT2D eigenvalue weighted by Gasteiger charge is -2.05. The molecule has 0 spiro atoms. The number of benzene rings is 1. The van der Waals surface area contributed by atoms with E-state index >= 15 is 0 Å². The van der Waals surface area contributed by atoms with Gasteiger partial charge in [0.15, 0.2) is 0 Å². The Morgan fingerprint density at radius 2 is 2.21 bits per heavy atom. The van der Waals surface area contributed by atoms with Crippen LogP contribution in [0, 0.1) is 18.3 Å². The lowest BCUT2D eigenvalue weighted by molar-refractivity contribution is 0.0695. The van der Waals surface area contributed by atoms with Crippen molar-refractivity contribution in [1.29, 1.82) is 5.26 Å². The van der Waals surface area contributed by atoms with E-state index in [1.165, 1.54) is 6.07 Å². The highest BCUT2D eigenvalue weighted by Crippen LogP contribution is 2.18. The van der Waals surface area contributed by atoms with Crippen molar-refractivity contribution in [2.45, 2.75) is 13.5 Å². The Bertz CT molecular complexity index is 653. The van der Waals surface area contributed by atoms with Crippen LogP contribution in [0.2, 0.25) is 0 Å². The lowest BCUT2D eigenvalue weighted by Crippen LogP contribution is -2.00. The van der Waals surface area contributed by atoms with E-state index in [0.29, 0.717) is 29.3 Å². The van der Waals surface area contributed by atoms with Crippen molar-refractivity contribution in [2.75, 3.05) is 5.32 Å². The number of nitriles is 1. The third-order valence-corrected chi connectivity index (χ3v) is 2.70. The fraction of sp³-hybridized carbons (Fsp3) is 0.143. The summed E-state index contributed by atoms with van der Waals surface area (Å²) in [6, 6.07) is 10.7. The maximum Gasteiger partial charge on any atom is 0.339 e. The van der Waals surface area contributed by atoms with Gasteiger partial charge < -0.3 is 14.8 Å². The second-order valence-electron chi connectivity index (χ2n) is 4.00. The molecule has 2 aromatic rings. The lowest BCUT2D eigenvalue weighted by atomic mass is 10.2. The Labute approximate surface area is 110 Å². The summed E-state index contributed by atoms with van der Waals surface area (Å²) in [6.07, 6.45) is 0. The van der Waals surface area contributed by atoms with Gasteiger partial charge in [0.2, 0.25) is 0 Å². The average molecular weight is 256 g/mol. The number of nitrogens with zero attached hydrogens (tertiary/aromatic N) is 1. The minimum absolute atomic E-state index is 0.158. The molecule has 0 bridgehead atoms. The zero-order valence-electron chi connectivity index (χ0n) is 10.3. The summed E-state index contributed by atoms with van der Waals surface area (Å²) in [4.78, 5) is 10.9. The predicted octanol–water partition coefficient (Wildman–Crippen LogP) is 2.77. The summed E-state index contributed by atoms with van der Waals surface area (Å²) in [5.41, 5.74) is 1.38. The van der Waals surface area contributed by atoms with Crippen LogP contribution in [0.15, 0.2) is 34.7 Å². The molecule has 0 aliphatic carbocycles. The van der Waals surface area contributed by atoms with E-state index in [-0.39, 0.29) is 5.56 Å². The van der Waals surface area contributed by atoms with Gasteiger partial charge in [0, 0.05) is 0 Å². The van der Waals surface area contributed by atoms with Crippen molar-refractivity contribution in [3.63, 3.8) is 0 Å². The molecule has 5 nitrogen and oxygen atoms in total. The highest BCUT2D eigenvalue weighted by Gasteiger charge is 2.13. The first-order chi connectivity index (χ1) is 9.11. The minimum atomic E-state index is -1.01. The van der Waals surface area contributed by atoms with Crippen LogP contribution in [0.1, 0.15) is 27.4 Å². The van der Waals surface area contributed by atoms with Crippen molar-refractivity contribution in [3.8, 4) is 6.07 Å². The van der Waals surface area contributed by atoms with Gasteiger partial charge >= 0.3 is 5.97 Å². The Hall–Kier alpha value is -2.74. The second kappa shape index (κ2) is 5.27. The van der Waals surface area contributed by atoms with Gasteiger partial charge in [-0.05, 0) is 25.1 Å². The SMILES string of the molecule is Cc1oc(CNc2ccccc2C#N)cc1C(=O)O. The van der Waals surface area contributed by atoms with E-state index < -0.39 is 5.97 Å². The van der Waals surface area contributed by atoms with Gasteiger partial charge in [-0.3, -0.25) is 0 Å². The van der Waals surface area contributed by atoms with Gasteiger partial charge in [-0.25, -0.2) is 4.79 Å². The van der Waals surface area contributed by atoms with Gasteiger partial charge in [-0.2, -0.15) is 5.26 Å². The molecule has 1 heterocycles. The highest BCUT2D eigenvalue weighted by molar-refractivity contribution is 5.88. The molecule has 2 N–H and O–H groups in total. The molecule has 0 atom stereocenters. The maximum atomic E-state index is 10.9. The van der Waals surface area contributed by atoms with Crippen LogP contribution in [-0.2, 0) is 6.54 Å². The maximum absolute atomic E-state index is 10.9. The summed E-state index contributed by atoms with van der Waals surface area (Å²) in [6.45, 7) is 1.93. The van der Waals surface area contributed by atoms with Gasteiger partial charge in [-0.15, -0.1) is 0 Å². The number of anilines is 1. The number of carbonyl (C=O) groups is 1. The minimum Gasteiger partial charge on any atom is -0.478 e. The largest absolute Gasteiger partial charge is 0.478 e. The molecule has 0 radical (unpaired) electrons. The number of hydrogen-bond donors (Lipinski definition) is 2. The standard InChI is InChI=1S/C14H12N2O3/c1-9-12(14(17)18)6-11(19-9)8-16-13-5-3-2-4-10(13)7-15/h2-6,16H,8H2,1H3,(H,17,18). The molecule has 0 amide bonds. The van der Waals surface area contributed by atoms with E-state index in [0.717, 1.165) is 0 Å². The van der Waals surface area contributed by atoms with E-state index in [1.807, 2.05) is 6.07 Å². The van der Waals surface area contributed by atoms with Crippen molar-refractivity contribution in [3.05, 3.63) is 53.0 Å². The topological polar surface area (TPSA) is 86.3 Å². The molecule has 0 aliphatic rings. The zero-order valence-corrected chi connectivity index (χ0v) is 10.3. The number of para-hydroxylation sites is 1. The Morgan fingerprint density at radius 3 is 2.84 bits per heavy atom. The quantitative estimate of drug-likeness (QED) is 0.878. The van der Waals surface area contributed by atoms with E-state index in [4.69, 9.17) is 14.8 Å². The van der Waals surface area contributed by atoms with Crippen molar-refractivity contribution in [1.82, 2.24) is 0 Å². The van der Waals surface area contributed by atoms with Gasteiger partial charge in [0.05, 0.1) is 17.8 Å². The molecule has 2 rings (SSSR count).